The average Bonchev–Trinajstić information content (AvgIpc) is 2.20. The number of rotatable bonds is 3. The highest BCUT2D eigenvalue weighted by Gasteiger charge is 2.50. The summed E-state index contributed by atoms with van der Waals surface area (Å²) in [7, 11) is 0. The quantitative estimate of drug-likeness (QED) is 0.707. The second-order valence-corrected chi connectivity index (χ2v) is 4.66. The van der Waals surface area contributed by atoms with Crippen molar-refractivity contribution in [2.75, 3.05) is 0 Å². The number of carboxylic acids is 2. The molecule has 2 unspecified atom stereocenters. The number of Topliss-reactive ketones (excluding diaryl/α,β-unsaturated/α-hetero) is 1. The van der Waals surface area contributed by atoms with Crippen LogP contribution < -0.4 is 0 Å². The first-order chi connectivity index (χ1) is 7.30. The van der Waals surface area contributed by atoms with Gasteiger partial charge in [-0.25, -0.2) is 0 Å². The van der Waals surface area contributed by atoms with E-state index in [2.05, 4.69) is 0 Å². The Morgan fingerprint density at radius 1 is 1.25 bits per heavy atom. The maximum absolute atomic E-state index is 11.5. The van der Waals surface area contributed by atoms with E-state index in [1.807, 2.05) is 0 Å². The van der Waals surface area contributed by atoms with Crippen LogP contribution in [0.15, 0.2) is 0 Å². The highest BCUT2D eigenvalue weighted by atomic mass is 16.4. The minimum absolute atomic E-state index is 0.0371. The van der Waals surface area contributed by atoms with Crippen LogP contribution in [0.3, 0.4) is 0 Å². The highest BCUT2D eigenvalue weighted by Crippen LogP contribution is 2.39. The minimum Gasteiger partial charge on any atom is -0.480 e. The summed E-state index contributed by atoms with van der Waals surface area (Å²) in [6.07, 6.45) is 1.10. The number of hydrogen-bond donors (Lipinski definition) is 2. The predicted octanol–water partition coefficient (Wildman–Crippen LogP) is 1.17. The maximum atomic E-state index is 11.5. The zero-order valence-corrected chi connectivity index (χ0v) is 9.40. The van der Waals surface area contributed by atoms with E-state index in [1.165, 1.54) is 6.92 Å². The number of carbonyl (C=O) groups excluding carboxylic acids is 1. The Labute approximate surface area is 93.5 Å². The van der Waals surface area contributed by atoms with Crippen LogP contribution in [0.1, 0.15) is 33.1 Å². The van der Waals surface area contributed by atoms with Crippen LogP contribution in [0.2, 0.25) is 0 Å². The lowest BCUT2D eigenvalue weighted by Crippen LogP contribution is -2.46. The fourth-order valence-corrected chi connectivity index (χ4v) is 2.09. The van der Waals surface area contributed by atoms with E-state index in [4.69, 9.17) is 10.2 Å². The van der Waals surface area contributed by atoms with Gasteiger partial charge in [-0.1, -0.05) is 6.92 Å². The van der Waals surface area contributed by atoms with Crippen molar-refractivity contribution >= 4 is 17.7 Å². The molecular formula is C11H16O5. The molecule has 1 aliphatic carbocycles. The van der Waals surface area contributed by atoms with Gasteiger partial charge >= 0.3 is 11.9 Å². The molecule has 0 aromatic heterocycles. The molecule has 0 aromatic rings. The van der Waals surface area contributed by atoms with Crippen LogP contribution in [0.5, 0.6) is 0 Å². The summed E-state index contributed by atoms with van der Waals surface area (Å²) >= 11 is 0. The standard InChI is InChI=1S/C11H16O5/c1-6-3-4-7(5-8(6)12)11(2,9(13)14)10(15)16/h6-7H,3-5H2,1-2H3,(H,13,14)(H,15,16). The molecular weight excluding hydrogens is 212 g/mol. The lowest BCUT2D eigenvalue weighted by atomic mass is 9.67. The van der Waals surface area contributed by atoms with Crippen molar-refractivity contribution in [3.05, 3.63) is 0 Å². The molecule has 0 aliphatic heterocycles. The molecule has 1 aliphatic rings. The Morgan fingerprint density at radius 3 is 2.12 bits per heavy atom. The van der Waals surface area contributed by atoms with Gasteiger partial charge in [0.05, 0.1) is 0 Å². The van der Waals surface area contributed by atoms with Gasteiger partial charge in [-0.2, -0.15) is 0 Å². The summed E-state index contributed by atoms with van der Waals surface area (Å²) in [4.78, 5) is 33.6. The molecule has 5 nitrogen and oxygen atoms in total. The Bertz CT molecular complexity index is 319. The molecule has 1 fully saturated rings. The molecule has 1 saturated carbocycles. The molecule has 1 rings (SSSR count). The molecule has 0 spiro atoms. The van der Waals surface area contributed by atoms with Gasteiger partial charge in [0.25, 0.3) is 0 Å². The fourth-order valence-electron chi connectivity index (χ4n) is 2.09. The molecule has 2 N–H and O–H groups in total. The van der Waals surface area contributed by atoms with Crippen LogP contribution in [0.25, 0.3) is 0 Å². The maximum Gasteiger partial charge on any atom is 0.321 e. The first-order valence-corrected chi connectivity index (χ1v) is 5.29. The van der Waals surface area contributed by atoms with Gasteiger partial charge in [0.15, 0.2) is 5.41 Å². The second-order valence-electron chi connectivity index (χ2n) is 4.66. The molecule has 0 aromatic carbocycles. The smallest absolute Gasteiger partial charge is 0.321 e. The number of hydrogen-bond acceptors (Lipinski definition) is 3. The van der Waals surface area contributed by atoms with Gasteiger partial charge in [0, 0.05) is 12.3 Å². The second kappa shape index (κ2) is 4.23. The van der Waals surface area contributed by atoms with Gasteiger partial charge in [0.2, 0.25) is 0 Å². The fraction of sp³-hybridized carbons (Fsp3) is 0.727. The minimum atomic E-state index is -1.85. The molecule has 0 radical (unpaired) electrons. The summed E-state index contributed by atoms with van der Waals surface area (Å²) in [6, 6.07) is 0. The Balaban J connectivity index is 2.94. The summed E-state index contributed by atoms with van der Waals surface area (Å²) in [6.45, 7) is 2.98. The molecule has 5 heteroatoms. The zero-order valence-electron chi connectivity index (χ0n) is 9.40. The van der Waals surface area contributed by atoms with Gasteiger partial charge in [-0.05, 0) is 25.7 Å². The third-order valence-corrected chi connectivity index (χ3v) is 3.65. The SMILES string of the molecule is CC1CCC(C(C)(C(=O)O)C(=O)O)CC1=O. The topological polar surface area (TPSA) is 91.7 Å². The van der Waals surface area contributed by atoms with E-state index >= 15 is 0 Å². The van der Waals surface area contributed by atoms with Crippen LogP contribution in [-0.2, 0) is 14.4 Å². The van der Waals surface area contributed by atoms with Crippen molar-refractivity contribution in [1.29, 1.82) is 0 Å². The van der Waals surface area contributed by atoms with Crippen molar-refractivity contribution < 1.29 is 24.6 Å². The van der Waals surface area contributed by atoms with Crippen LogP contribution in [0, 0.1) is 17.3 Å². The summed E-state index contributed by atoms with van der Waals surface area (Å²) in [5, 5.41) is 18.0. The van der Waals surface area contributed by atoms with Crippen LogP contribution in [-0.4, -0.2) is 27.9 Å². The number of ketones is 1. The molecule has 0 saturated heterocycles. The largest absolute Gasteiger partial charge is 0.480 e. The summed E-state index contributed by atoms with van der Waals surface area (Å²) in [5.41, 5.74) is -1.85. The Hall–Kier alpha value is -1.39. The van der Waals surface area contributed by atoms with Gasteiger partial charge in [-0.15, -0.1) is 0 Å². The van der Waals surface area contributed by atoms with E-state index in [0.29, 0.717) is 12.8 Å². The van der Waals surface area contributed by atoms with Gasteiger partial charge < -0.3 is 10.2 Å². The lowest BCUT2D eigenvalue weighted by Gasteiger charge is -2.34. The predicted molar refractivity (Wildman–Crippen MR) is 54.9 cm³/mol. The van der Waals surface area contributed by atoms with Crippen molar-refractivity contribution in [3.8, 4) is 0 Å². The average molecular weight is 228 g/mol. The first-order valence-electron chi connectivity index (χ1n) is 5.29. The highest BCUT2D eigenvalue weighted by molar-refractivity contribution is 5.99. The third kappa shape index (κ3) is 1.94. The van der Waals surface area contributed by atoms with Crippen molar-refractivity contribution in [1.82, 2.24) is 0 Å². The van der Waals surface area contributed by atoms with Crippen molar-refractivity contribution in [3.63, 3.8) is 0 Å². The normalized spacial score (nSPS) is 26.5. The first kappa shape index (κ1) is 12.7. The molecule has 2 atom stereocenters. The molecule has 0 heterocycles. The van der Waals surface area contributed by atoms with E-state index < -0.39 is 23.3 Å². The van der Waals surface area contributed by atoms with E-state index in [0.717, 1.165) is 0 Å². The summed E-state index contributed by atoms with van der Waals surface area (Å²) in [5.74, 6) is -3.46. The summed E-state index contributed by atoms with van der Waals surface area (Å²) < 4.78 is 0. The van der Waals surface area contributed by atoms with E-state index in [-0.39, 0.29) is 18.1 Å². The number of carboxylic acid groups (broad SMARTS) is 2. The van der Waals surface area contributed by atoms with Gasteiger partial charge in [0.1, 0.15) is 5.78 Å². The molecule has 90 valence electrons. The van der Waals surface area contributed by atoms with Crippen LogP contribution >= 0.6 is 0 Å². The van der Waals surface area contributed by atoms with E-state index in [9.17, 15) is 14.4 Å². The monoisotopic (exact) mass is 228 g/mol. The molecule has 0 bridgehead atoms. The number of carbonyl (C=O) groups is 3. The zero-order chi connectivity index (χ0) is 12.5. The number of aliphatic carboxylic acids is 2. The van der Waals surface area contributed by atoms with Crippen LogP contribution in [0.4, 0.5) is 0 Å². The third-order valence-electron chi connectivity index (χ3n) is 3.65. The lowest BCUT2D eigenvalue weighted by molar-refractivity contribution is -0.169. The van der Waals surface area contributed by atoms with Crippen molar-refractivity contribution in [2.24, 2.45) is 17.3 Å². The molecule has 0 amide bonds. The molecule has 16 heavy (non-hydrogen) atoms. The Morgan fingerprint density at radius 2 is 1.75 bits per heavy atom. The Kier molecular flexibility index (Phi) is 3.35. The van der Waals surface area contributed by atoms with E-state index in [1.54, 1.807) is 6.92 Å². The van der Waals surface area contributed by atoms with Crippen molar-refractivity contribution in [2.45, 2.75) is 33.1 Å². The van der Waals surface area contributed by atoms with Gasteiger partial charge in [-0.3, -0.25) is 14.4 Å².